The van der Waals surface area contributed by atoms with Crippen LogP contribution in [0.3, 0.4) is 0 Å². The number of rotatable bonds is 2. The van der Waals surface area contributed by atoms with E-state index in [0.29, 0.717) is 0 Å². The summed E-state index contributed by atoms with van der Waals surface area (Å²) in [6.07, 6.45) is -0.288. The van der Waals surface area contributed by atoms with E-state index in [2.05, 4.69) is 39.2 Å². The Morgan fingerprint density at radius 1 is 1.19 bits per heavy atom. The summed E-state index contributed by atoms with van der Waals surface area (Å²) in [4.78, 5) is 12.5. The topological polar surface area (TPSA) is 41.6 Å². The molecule has 2 heterocycles. The zero-order valence-corrected chi connectivity index (χ0v) is 14.4. The van der Waals surface area contributed by atoms with Crippen LogP contribution in [0.1, 0.15) is 32.6 Å². The second-order valence-corrected chi connectivity index (χ2v) is 12.6. The van der Waals surface area contributed by atoms with Crippen LogP contribution in [-0.2, 0) is 9.53 Å². The number of amides is 1. The van der Waals surface area contributed by atoms with Gasteiger partial charge in [0.15, 0.2) is 14.5 Å². The Kier molecular flexibility index (Phi) is 3.27. The third-order valence-corrected chi connectivity index (χ3v) is 10.5. The zero-order valence-electron chi connectivity index (χ0n) is 13.4. The predicted octanol–water partition coefficient (Wildman–Crippen LogP) is 2.85. The molecule has 5 heteroatoms. The maximum Gasteiger partial charge on any atom is 0.238 e. The largest absolute Gasteiger partial charge is 0.342 e. The standard InChI is InChI=1S/C16H24N2O2Si/c1-16(2,3)21(4,5)18-14(19)12-15(18)20-13(17-12)11-9-7-6-8-10-11/h6-10,12-13,15,17H,1-5H3. The number of benzene rings is 1. The average molecular weight is 304 g/mol. The molecule has 0 aliphatic carbocycles. The van der Waals surface area contributed by atoms with Crippen LogP contribution in [-0.4, -0.2) is 31.0 Å². The van der Waals surface area contributed by atoms with Crippen molar-refractivity contribution in [2.75, 3.05) is 0 Å². The van der Waals surface area contributed by atoms with Crippen LogP contribution in [0.5, 0.6) is 0 Å². The van der Waals surface area contributed by atoms with Gasteiger partial charge in [-0.2, -0.15) is 0 Å². The average Bonchev–Trinajstić information content (AvgIpc) is 2.77. The first-order chi connectivity index (χ1) is 9.73. The zero-order chi connectivity index (χ0) is 15.4. The Morgan fingerprint density at radius 2 is 1.81 bits per heavy atom. The van der Waals surface area contributed by atoms with Gasteiger partial charge in [0.1, 0.15) is 12.3 Å². The molecule has 0 aromatic heterocycles. The van der Waals surface area contributed by atoms with Crippen LogP contribution < -0.4 is 5.32 Å². The minimum absolute atomic E-state index is 0.108. The van der Waals surface area contributed by atoms with Crippen LogP contribution in [0, 0.1) is 0 Å². The first-order valence-electron chi connectivity index (χ1n) is 7.53. The van der Waals surface area contributed by atoms with Crippen molar-refractivity contribution >= 4 is 14.1 Å². The van der Waals surface area contributed by atoms with Crippen LogP contribution in [0.15, 0.2) is 30.3 Å². The highest BCUT2D eigenvalue weighted by molar-refractivity contribution is 6.80. The molecule has 2 aliphatic rings. The number of carbonyl (C=O) groups excluding carboxylic acids is 1. The van der Waals surface area contributed by atoms with Crippen molar-refractivity contribution in [3.05, 3.63) is 35.9 Å². The summed E-state index contributed by atoms with van der Waals surface area (Å²) in [5, 5.41) is 3.45. The second-order valence-electron chi connectivity index (χ2n) is 7.48. The molecule has 3 rings (SSSR count). The molecule has 2 aliphatic heterocycles. The van der Waals surface area contributed by atoms with Gasteiger partial charge in [-0.05, 0) is 10.6 Å². The lowest BCUT2D eigenvalue weighted by Gasteiger charge is -2.55. The lowest BCUT2D eigenvalue weighted by atomic mass is 10.1. The van der Waals surface area contributed by atoms with Gasteiger partial charge >= 0.3 is 0 Å². The monoisotopic (exact) mass is 304 g/mol. The summed E-state index contributed by atoms with van der Waals surface area (Å²) >= 11 is 0. The predicted molar refractivity (Wildman–Crippen MR) is 85.0 cm³/mol. The van der Waals surface area contributed by atoms with E-state index in [1.165, 1.54) is 0 Å². The number of carbonyl (C=O) groups is 1. The number of ether oxygens (including phenoxy) is 1. The molecule has 0 bridgehead atoms. The summed E-state index contributed by atoms with van der Waals surface area (Å²) in [6.45, 7) is 11.2. The van der Waals surface area contributed by atoms with Crippen molar-refractivity contribution in [1.29, 1.82) is 0 Å². The van der Waals surface area contributed by atoms with E-state index in [4.69, 9.17) is 4.74 Å². The van der Waals surface area contributed by atoms with E-state index in [1.807, 2.05) is 34.9 Å². The fraction of sp³-hybridized carbons (Fsp3) is 0.562. The molecule has 2 fully saturated rings. The first-order valence-corrected chi connectivity index (χ1v) is 10.5. The Balaban J connectivity index is 1.81. The highest BCUT2D eigenvalue weighted by atomic mass is 28.3. The fourth-order valence-electron chi connectivity index (χ4n) is 2.86. The molecule has 21 heavy (non-hydrogen) atoms. The van der Waals surface area contributed by atoms with Crippen molar-refractivity contribution in [3.8, 4) is 0 Å². The van der Waals surface area contributed by atoms with Gasteiger partial charge in [0.25, 0.3) is 0 Å². The molecule has 3 unspecified atom stereocenters. The Bertz CT molecular complexity index is 553. The van der Waals surface area contributed by atoms with E-state index < -0.39 is 8.24 Å². The summed E-state index contributed by atoms with van der Waals surface area (Å²) in [7, 11) is -1.88. The molecular weight excluding hydrogens is 280 g/mol. The molecule has 0 radical (unpaired) electrons. The molecule has 0 saturated carbocycles. The number of nitrogens with zero attached hydrogens (tertiary/aromatic N) is 1. The minimum atomic E-state index is -1.88. The summed E-state index contributed by atoms with van der Waals surface area (Å²) in [6, 6.07) is 9.86. The van der Waals surface area contributed by atoms with Crippen LogP contribution >= 0.6 is 0 Å². The first kappa shape index (κ1) is 14.8. The van der Waals surface area contributed by atoms with E-state index >= 15 is 0 Å². The van der Waals surface area contributed by atoms with Crippen molar-refractivity contribution in [2.45, 2.75) is 57.4 Å². The Labute approximate surface area is 127 Å². The van der Waals surface area contributed by atoms with Gasteiger partial charge in [0.05, 0.1) is 0 Å². The van der Waals surface area contributed by atoms with E-state index in [-0.39, 0.29) is 29.4 Å². The van der Waals surface area contributed by atoms with Gasteiger partial charge in [0.2, 0.25) is 5.91 Å². The minimum Gasteiger partial charge on any atom is -0.342 e. The lowest BCUT2D eigenvalue weighted by molar-refractivity contribution is -0.157. The van der Waals surface area contributed by atoms with Gasteiger partial charge in [-0.1, -0.05) is 64.2 Å². The summed E-state index contributed by atoms with van der Waals surface area (Å²) < 4.78 is 8.17. The van der Waals surface area contributed by atoms with Gasteiger partial charge in [-0.3, -0.25) is 10.1 Å². The number of hydrogen-bond donors (Lipinski definition) is 1. The molecule has 1 amide bonds. The van der Waals surface area contributed by atoms with Gasteiger partial charge in [0, 0.05) is 0 Å². The number of hydrogen-bond acceptors (Lipinski definition) is 3. The van der Waals surface area contributed by atoms with Crippen LogP contribution in [0.25, 0.3) is 0 Å². The summed E-state index contributed by atoms with van der Waals surface area (Å²) in [5.41, 5.74) is 1.08. The maximum absolute atomic E-state index is 12.5. The van der Waals surface area contributed by atoms with Crippen LogP contribution in [0.4, 0.5) is 0 Å². The van der Waals surface area contributed by atoms with Gasteiger partial charge in [-0.15, -0.1) is 0 Å². The highest BCUT2D eigenvalue weighted by Crippen LogP contribution is 2.46. The SMILES string of the molecule is CC(C)(C)[Si](C)(C)N1C(=O)C2NC(c3ccccc3)OC21. The molecule has 1 N–H and O–H groups in total. The molecule has 114 valence electrons. The van der Waals surface area contributed by atoms with Crippen molar-refractivity contribution in [2.24, 2.45) is 0 Å². The van der Waals surface area contributed by atoms with Gasteiger partial charge < -0.3 is 9.30 Å². The Morgan fingerprint density at radius 3 is 2.38 bits per heavy atom. The number of fused-ring (bicyclic) bond motifs is 1. The number of β-lactam (4-membered cyclic amide) rings is 1. The van der Waals surface area contributed by atoms with Crippen molar-refractivity contribution in [1.82, 2.24) is 9.88 Å². The van der Waals surface area contributed by atoms with E-state index in [9.17, 15) is 4.79 Å². The third kappa shape index (κ3) is 2.15. The second kappa shape index (κ2) is 4.66. The smallest absolute Gasteiger partial charge is 0.238 e. The van der Waals surface area contributed by atoms with Gasteiger partial charge in [-0.25, -0.2) is 0 Å². The fourth-order valence-corrected chi connectivity index (χ4v) is 5.12. The highest BCUT2D eigenvalue weighted by Gasteiger charge is 2.61. The third-order valence-electron chi connectivity index (χ3n) is 5.19. The quantitative estimate of drug-likeness (QED) is 0.675. The molecule has 1 aromatic rings. The van der Waals surface area contributed by atoms with E-state index in [1.54, 1.807) is 0 Å². The Hall–Kier alpha value is -1.17. The maximum atomic E-state index is 12.5. The molecular formula is C16H24N2O2Si. The lowest BCUT2D eigenvalue weighted by Crippen LogP contribution is -2.75. The summed E-state index contributed by atoms with van der Waals surface area (Å²) in [5.74, 6) is 0.199. The van der Waals surface area contributed by atoms with Crippen molar-refractivity contribution < 1.29 is 9.53 Å². The number of nitrogens with one attached hydrogen (secondary N) is 1. The molecule has 4 nitrogen and oxygen atoms in total. The molecule has 0 spiro atoms. The van der Waals surface area contributed by atoms with Crippen molar-refractivity contribution in [3.63, 3.8) is 0 Å². The molecule has 3 atom stereocenters. The van der Waals surface area contributed by atoms with E-state index in [0.717, 1.165) is 5.56 Å². The normalized spacial score (nSPS) is 29.3. The van der Waals surface area contributed by atoms with Crippen LogP contribution in [0.2, 0.25) is 18.1 Å². The molecule has 2 saturated heterocycles. The molecule has 1 aromatic carbocycles.